The van der Waals surface area contributed by atoms with Crippen molar-refractivity contribution in [3.05, 3.63) is 89.0 Å². The number of rotatable bonds is 4. The number of halogens is 1. The van der Waals surface area contributed by atoms with Crippen LogP contribution in [0, 0.1) is 0 Å². The van der Waals surface area contributed by atoms with E-state index in [1.54, 1.807) is 0 Å². The van der Waals surface area contributed by atoms with E-state index in [1.165, 1.54) is 11.1 Å². The second-order valence-electron chi connectivity index (χ2n) is 8.10. The molecular weight excluding hydrogens is 392 g/mol. The summed E-state index contributed by atoms with van der Waals surface area (Å²) in [5, 5.41) is 0.693. The molecule has 4 rings (SSSR count). The molecule has 1 heterocycles. The number of anilines is 1. The van der Waals surface area contributed by atoms with Gasteiger partial charge in [-0.05, 0) is 74.9 Å². The van der Waals surface area contributed by atoms with Crippen LogP contribution in [0.25, 0.3) is 5.57 Å². The van der Waals surface area contributed by atoms with Gasteiger partial charge in [-0.1, -0.05) is 35.9 Å². The molecule has 0 amide bonds. The standard InChI is InChI=1S/C26H25ClN2O/c1-18-16-26(2,3)29(4)25-15-24(27)19(14-23(18)25)17-28-20-10-12-22(13-11-20)30-21-8-6-5-7-9-21/h5-17H,1-4H3. The summed E-state index contributed by atoms with van der Waals surface area (Å²) >= 11 is 6.59. The molecule has 3 nitrogen and oxygen atoms in total. The van der Waals surface area contributed by atoms with Crippen molar-refractivity contribution < 1.29 is 4.74 Å². The molecule has 0 atom stereocenters. The quantitative estimate of drug-likeness (QED) is 0.411. The van der Waals surface area contributed by atoms with Crippen molar-refractivity contribution in [2.75, 3.05) is 11.9 Å². The number of nitrogens with zero attached hydrogens (tertiary/aromatic N) is 2. The van der Waals surface area contributed by atoms with E-state index in [9.17, 15) is 0 Å². The van der Waals surface area contributed by atoms with E-state index in [1.807, 2.05) is 66.9 Å². The summed E-state index contributed by atoms with van der Waals surface area (Å²) in [5.74, 6) is 1.59. The van der Waals surface area contributed by atoms with Crippen molar-refractivity contribution in [1.82, 2.24) is 0 Å². The lowest BCUT2D eigenvalue weighted by Crippen LogP contribution is -2.42. The normalized spacial score (nSPS) is 15.1. The van der Waals surface area contributed by atoms with Gasteiger partial charge in [0.15, 0.2) is 0 Å². The Hall–Kier alpha value is -3.04. The maximum atomic E-state index is 6.59. The molecule has 0 N–H and O–H groups in total. The molecule has 1 aliphatic heterocycles. The molecular formula is C26H25ClN2O. The first kappa shape index (κ1) is 20.2. The summed E-state index contributed by atoms with van der Waals surface area (Å²) in [4.78, 5) is 6.87. The zero-order valence-electron chi connectivity index (χ0n) is 17.7. The number of benzene rings is 3. The predicted molar refractivity (Wildman–Crippen MR) is 128 cm³/mol. The van der Waals surface area contributed by atoms with Crippen LogP contribution in [0.1, 0.15) is 31.9 Å². The number of fused-ring (bicyclic) bond motifs is 1. The van der Waals surface area contributed by atoms with Gasteiger partial charge >= 0.3 is 0 Å². The largest absolute Gasteiger partial charge is 0.457 e. The molecule has 1 aliphatic rings. The topological polar surface area (TPSA) is 24.8 Å². The van der Waals surface area contributed by atoms with E-state index in [2.05, 4.69) is 49.9 Å². The molecule has 0 spiro atoms. The number of para-hydroxylation sites is 1. The van der Waals surface area contributed by atoms with Crippen LogP contribution in [0.5, 0.6) is 11.5 Å². The highest BCUT2D eigenvalue weighted by Crippen LogP contribution is 2.40. The van der Waals surface area contributed by atoms with Crippen LogP contribution in [0.2, 0.25) is 5.02 Å². The maximum absolute atomic E-state index is 6.59. The van der Waals surface area contributed by atoms with Crippen molar-refractivity contribution in [2.45, 2.75) is 26.3 Å². The van der Waals surface area contributed by atoms with Crippen LogP contribution in [-0.2, 0) is 0 Å². The summed E-state index contributed by atoms with van der Waals surface area (Å²) in [7, 11) is 2.10. The van der Waals surface area contributed by atoms with Crippen molar-refractivity contribution >= 4 is 34.8 Å². The van der Waals surface area contributed by atoms with Crippen LogP contribution < -0.4 is 9.64 Å². The third-order valence-electron chi connectivity index (χ3n) is 5.50. The summed E-state index contributed by atoms with van der Waals surface area (Å²) in [5.41, 5.74) is 5.29. The number of hydrogen-bond donors (Lipinski definition) is 0. The van der Waals surface area contributed by atoms with Gasteiger partial charge in [-0.3, -0.25) is 4.99 Å². The SMILES string of the molecule is CC1=CC(C)(C)N(C)c2cc(Cl)c(C=Nc3ccc(Oc4ccccc4)cc3)cc21. The second-order valence-corrected chi connectivity index (χ2v) is 8.51. The highest BCUT2D eigenvalue weighted by atomic mass is 35.5. The molecule has 3 aromatic rings. The van der Waals surface area contributed by atoms with E-state index >= 15 is 0 Å². The van der Waals surface area contributed by atoms with Crippen molar-refractivity contribution in [2.24, 2.45) is 4.99 Å². The molecule has 0 radical (unpaired) electrons. The Morgan fingerprint density at radius 3 is 2.33 bits per heavy atom. The first-order chi connectivity index (χ1) is 14.3. The zero-order chi connectivity index (χ0) is 21.3. The Morgan fingerprint density at radius 1 is 0.967 bits per heavy atom. The van der Waals surface area contributed by atoms with Gasteiger partial charge in [0.25, 0.3) is 0 Å². The average Bonchev–Trinajstić information content (AvgIpc) is 2.72. The highest BCUT2D eigenvalue weighted by molar-refractivity contribution is 6.33. The molecule has 0 fully saturated rings. The smallest absolute Gasteiger partial charge is 0.127 e. The van der Waals surface area contributed by atoms with Crippen molar-refractivity contribution in [3.8, 4) is 11.5 Å². The Bertz CT molecular complexity index is 1120. The second kappa shape index (κ2) is 8.00. The lowest BCUT2D eigenvalue weighted by molar-refractivity contribution is 0.483. The summed E-state index contributed by atoms with van der Waals surface area (Å²) in [6.45, 7) is 6.55. The third-order valence-corrected chi connectivity index (χ3v) is 5.83. The van der Waals surface area contributed by atoms with Gasteiger partial charge in [0.2, 0.25) is 0 Å². The molecule has 0 aromatic heterocycles. The number of aliphatic imine (C=N–C) groups is 1. The Kier molecular flexibility index (Phi) is 5.40. The number of ether oxygens (including phenoxy) is 1. The predicted octanol–water partition coefficient (Wildman–Crippen LogP) is 7.51. The van der Waals surface area contributed by atoms with Gasteiger partial charge in [-0.2, -0.15) is 0 Å². The summed E-state index contributed by atoms with van der Waals surface area (Å²) in [6.07, 6.45) is 4.11. The summed E-state index contributed by atoms with van der Waals surface area (Å²) < 4.78 is 5.83. The van der Waals surface area contributed by atoms with Crippen LogP contribution in [0.3, 0.4) is 0 Å². The minimum Gasteiger partial charge on any atom is -0.457 e. The molecule has 3 aromatic carbocycles. The molecule has 152 valence electrons. The molecule has 0 saturated carbocycles. The van der Waals surface area contributed by atoms with Crippen LogP contribution >= 0.6 is 11.6 Å². The lowest BCUT2D eigenvalue weighted by atomic mass is 9.88. The Balaban J connectivity index is 1.55. The molecule has 0 saturated heterocycles. The van der Waals surface area contributed by atoms with Gasteiger partial charge < -0.3 is 9.64 Å². The molecule has 0 aliphatic carbocycles. The van der Waals surface area contributed by atoms with Gasteiger partial charge in [0.05, 0.1) is 16.2 Å². The van der Waals surface area contributed by atoms with Gasteiger partial charge in [-0.15, -0.1) is 0 Å². The van der Waals surface area contributed by atoms with Crippen molar-refractivity contribution in [3.63, 3.8) is 0 Å². The first-order valence-corrected chi connectivity index (χ1v) is 10.4. The van der Waals surface area contributed by atoms with Gasteiger partial charge in [0, 0.05) is 30.1 Å². The van der Waals surface area contributed by atoms with E-state index in [0.29, 0.717) is 5.02 Å². The van der Waals surface area contributed by atoms with Gasteiger partial charge in [-0.25, -0.2) is 0 Å². The number of hydrogen-bond acceptors (Lipinski definition) is 3. The highest BCUT2D eigenvalue weighted by Gasteiger charge is 2.29. The Labute approximate surface area is 183 Å². The minimum atomic E-state index is -0.0421. The van der Waals surface area contributed by atoms with Crippen molar-refractivity contribution in [1.29, 1.82) is 0 Å². The van der Waals surface area contributed by atoms with E-state index in [-0.39, 0.29) is 5.54 Å². The minimum absolute atomic E-state index is 0.0421. The molecule has 0 bridgehead atoms. The first-order valence-electron chi connectivity index (χ1n) is 9.98. The maximum Gasteiger partial charge on any atom is 0.127 e. The van der Waals surface area contributed by atoms with E-state index < -0.39 is 0 Å². The molecule has 4 heteroatoms. The van der Waals surface area contributed by atoms with Crippen LogP contribution in [-0.4, -0.2) is 18.8 Å². The van der Waals surface area contributed by atoms with E-state index in [4.69, 9.17) is 16.3 Å². The molecule has 0 unspecified atom stereocenters. The fourth-order valence-corrected chi connectivity index (χ4v) is 3.86. The van der Waals surface area contributed by atoms with E-state index in [0.717, 1.165) is 28.4 Å². The van der Waals surface area contributed by atoms with Crippen LogP contribution in [0.4, 0.5) is 11.4 Å². The number of likely N-dealkylation sites (N-methyl/N-ethyl adjacent to an activating group) is 1. The fourth-order valence-electron chi connectivity index (χ4n) is 3.66. The summed E-state index contributed by atoms with van der Waals surface area (Å²) in [6, 6.07) is 21.6. The fraction of sp³-hybridized carbons (Fsp3) is 0.192. The average molecular weight is 417 g/mol. The lowest BCUT2D eigenvalue weighted by Gasteiger charge is -2.40. The third kappa shape index (κ3) is 4.12. The monoisotopic (exact) mass is 416 g/mol. The van der Waals surface area contributed by atoms with Crippen LogP contribution in [0.15, 0.2) is 77.8 Å². The van der Waals surface area contributed by atoms with Gasteiger partial charge in [0.1, 0.15) is 11.5 Å². The zero-order valence-corrected chi connectivity index (χ0v) is 18.4. The molecule has 30 heavy (non-hydrogen) atoms. The number of allylic oxidation sites excluding steroid dienone is 1. The Morgan fingerprint density at radius 2 is 1.63 bits per heavy atom.